The summed E-state index contributed by atoms with van der Waals surface area (Å²) in [6.45, 7) is 0.643. The van der Waals surface area contributed by atoms with Gasteiger partial charge >= 0.3 is 0 Å². The number of carbonyl (C=O) groups excluding carboxylic acids is 1. The summed E-state index contributed by atoms with van der Waals surface area (Å²) >= 11 is 0. The maximum Gasteiger partial charge on any atom is 0.258 e. The maximum atomic E-state index is 12.7. The van der Waals surface area contributed by atoms with E-state index in [1.165, 1.54) is 0 Å². The fourth-order valence-electron chi connectivity index (χ4n) is 3.44. The topological polar surface area (TPSA) is 49.0 Å². The van der Waals surface area contributed by atoms with Crippen LogP contribution in [-0.2, 0) is 11.3 Å². The largest absolute Gasteiger partial charge is 0.346 e. The van der Waals surface area contributed by atoms with Crippen LogP contribution in [0.5, 0.6) is 0 Å². The highest BCUT2D eigenvalue weighted by Gasteiger charge is 2.29. The molecule has 1 aromatic heterocycles. The van der Waals surface area contributed by atoms with Crippen LogP contribution in [0.15, 0.2) is 54.7 Å². The number of hydrogen-bond donors (Lipinski definition) is 0. The standard InChI is InChI=1S/C21H17N3O/c1-23-19-9-4-3-8-17(19)18(21(23)25)13-15-14-24(12-6-11-22)20-10-5-2-7-16(15)20/h2-5,7-10,13-14H,6,12H2,1H3/b18-13-. The van der Waals surface area contributed by atoms with Crippen LogP contribution in [-0.4, -0.2) is 17.5 Å². The number of nitrogens with zero attached hydrogens (tertiary/aromatic N) is 3. The SMILES string of the molecule is CN1C(=O)/C(=C\c2cn(CCC#N)c3ccccc23)c2ccccc21. The van der Waals surface area contributed by atoms with E-state index in [9.17, 15) is 4.79 Å². The van der Waals surface area contributed by atoms with Crippen molar-refractivity contribution in [1.82, 2.24) is 4.57 Å². The molecular weight excluding hydrogens is 310 g/mol. The van der Waals surface area contributed by atoms with E-state index in [1.54, 1.807) is 11.9 Å². The molecule has 3 aromatic rings. The first kappa shape index (κ1) is 15.2. The van der Waals surface area contributed by atoms with Gasteiger partial charge in [-0.1, -0.05) is 36.4 Å². The van der Waals surface area contributed by atoms with Gasteiger partial charge < -0.3 is 9.47 Å². The Morgan fingerprint density at radius 3 is 2.72 bits per heavy atom. The van der Waals surface area contributed by atoms with Crippen molar-refractivity contribution < 1.29 is 4.79 Å². The Labute approximate surface area is 146 Å². The minimum Gasteiger partial charge on any atom is -0.346 e. The molecule has 2 aromatic carbocycles. The average Bonchev–Trinajstić information content (AvgIpc) is 3.12. The molecule has 1 aliphatic heterocycles. The first-order chi connectivity index (χ1) is 12.2. The van der Waals surface area contributed by atoms with Gasteiger partial charge in [-0.2, -0.15) is 5.26 Å². The van der Waals surface area contributed by atoms with Crippen LogP contribution in [0.4, 0.5) is 5.69 Å². The molecule has 4 rings (SSSR count). The van der Waals surface area contributed by atoms with Gasteiger partial charge in [0, 0.05) is 47.4 Å². The second-order valence-corrected chi connectivity index (χ2v) is 6.14. The van der Waals surface area contributed by atoms with Crippen molar-refractivity contribution in [1.29, 1.82) is 5.26 Å². The van der Waals surface area contributed by atoms with Gasteiger partial charge in [0.15, 0.2) is 0 Å². The van der Waals surface area contributed by atoms with Crippen molar-refractivity contribution >= 4 is 34.1 Å². The summed E-state index contributed by atoms with van der Waals surface area (Å²) in [7, 11) is 1.80. The van der Waals surface area contributed by atoms with Gasteiger partial charge in [-0.25, -0.2) is 0 Å². The molecule has 0 radical (unpaired) electrons. The zero-order valence-electron chi connectivity index (χ0n) is 13.9. The lowest BCUT2D eigenvalue weighted by Gasteiger charge is -2.07. The number of amides is 1. The van der Waals surface area contributed by atoms with Gasteiger partial charge in [0.1, 0.15) is 0 Å². The Morgan fingerprint density at radius 2 is 1.88 bits per heavy atom. The Bertz CT molecular complexity index is 1050. The molecule has 0 saturated carbocycles. The number of benzene rings is 2. The van der Waals surface area contributed by atoms with Crippen LogP contribution in [0.25, 0.3) is 22.6 Å². The zero-order valence-corrected chi connectivity index (χ0v) is 13.9. The predicted octanol–water partition coefficient (Wildman–Crippen LogP) is 4.07. The van der Waals surface area contributed by atoms with E-state index in [0.717, 1.165) is 27.7 Å². The Morgan fingerprint density at radius 1 is 1.12 bits per heavy atom. The van der Waals surface area contributed by atoms with Crippen molar-refractivity contribution in [3.63, 3.8) is 0 Å². The molecule has 0 bridgehead atoms. The monoisotopic (exact) mass is 327 g/mol. The van der Waals surface area contributed by atoms with Gasteiger partial charge in [0.05, 0.1) is 18.2 Å². The number of anilines is 1. The highest BCUT2D eigenvalue weighted by atomic mass is 16.2. The minimum absolute atomic E-state index is 0.00931. The van der Waals surface area contributed by atoms with Gasteiger partial charge in [0.2, 0.25) is 0 Å². The molecule has 0 saturated heterocycles. The highest BCUT2D eigenvalue weighted by Crippen LogP contribution is 2.37. The number of nitriles is 1. The van der Waals surface area contributed by atoms with Crippen molar-refractivity contribution in [3.8, 4) is 6.07 Å². The van der Waals surface area contributed by atoms with E-state index >= 15 is 0 Å². The number of hydrogen-bond acceptors (Lipinski definition) is 2. The quantitative estimate of drug-likeness (QED) is 0.681. The maximum absolute atomic E-state index is 12.7. The van der Waals surface area contributed by atoms with Gasteiger partial charge in [0.25, 0.3) is 5.91 Å². The molecule has 122 valence electrons. The predicted molar refractivity (Wildman–Crippen MR) is 99.9 cm³/mol. The number of carbonyl (C=O) groups is 1. The molecule has 0 spiro atoms. The summed E-state index contributed by atoms with van der Waals surface area (Å²) in [6, 6.07) is 18.1. The zero-order chi connectivity index (χ0) is 17.4. The summed E-state index contributed by atoms with van der Waals surface area (Å²) in [5.41, 5.74) is 4.69. The molecule has 1 aliphatic rings. The van der Waals surface area contributed by atoms with E-state index < -0.39 is 0 Å². The molecule has 4 heteroatoms. The summed E-state index contributed by atoms with van der Waals surface area (Å²) in [6.07, 6.45) is 4.46. The van der Waals surface area contributed by atoms with Crippen molar-refractivity contribution in [2.24, 2.45) is 0 Å². The molecule has 0 aliphatic carbocycles. The van der Waals surface area contributed by atoms with Crippen molar-refractivity contribution in [3.05, 3.63) is 65.9 Å². The van der Waals surface area contributed by atoms with Crippen LogP contribution in [0, 0.1) is 11.3 Å². The van der Waals surface area contributed by atoms with Gasteiger partial charge in [-0.3, -0.25) is 4.79 Å². The summed E-state index contributed by atoms with van der Waals surface area (Å²) in [5.74, 6) is 0.00931. The highest BCUT2D eigenvalue weighted by molar-refractivity contribution is 6.36. The average molecular weight is 327 g/mol. The number of fused-ring (bicyclic) bond motifs is 2. The molecule has 0 atom stereocenters. The van der Waals surface area contributed by atoms with Crippen LogP contribution in [0.2, 0.25) is 0 Å². The van der Waals surface area contributed by atoms with Gasteiger partial charge in [-0.05, 0) is 18.2 Å². The smallest absolute Gasteiger partial charge is 0.258 e. The van der Waals surface area contributed by atoms with Crippen LogP contribution >= 0.6 is 0 Å². The third-order valence-corrected chi connectivity index (χ3v) is 4.67. The molecule has 0 fully saturated rings. The van der Waals surface area contributed by atoms with Crippen LogP contribution < -0.4 is 4.90 Å². The first-order valence-electron chi connectivity index (χ1n) is 8.24. The van der Waals surface area contributed by atoms with Crippen molar-refractivity contribution in [2.45, 2.75) is 13.0 Å². The van der Waals surface area contributed by atoms with Crippen LogP contribution in [0.3, 0.4) is 0 Å². The molecule has 0 unspecified atom stereocenters. The molecule has 0 N–H and O–H groups in total. The van der Waals surface area contributed by atoms with E-state index in [0.29, 0.717) is 18.5 Å². The number of aromatic nitrogens is 1. The molecular formula is C21H17N3O. The lowest BCUT2D eigenvalue weighted by Crippen LogP contribution is -2.20. The van der Waals surface area contributed by atoms with Crippen LogP contribution in [0.1, 0.15) is 17.5 Å². The fourth-order valence-corrected chi connectivity index (χ4v) is 3.44. The Kier molecular flexibility index (Phi) is 3.62. The molecule has 4 nitrogen and oxygen atoms in total. The number of para-hydroxylation sites is 2. The number of likely N-dealkylation sites (N-methyl/N-ethyl adjacent to an activating group) is 1. The molecule has 2 heterocycles. The number of rotatable bonds is 3. The second kappa shape index (κ2) is 5.95. The lowest BCUT2D eigenvalue weighted by atomic mass is 10.0. The summed E-state index contributed by atoms with van der Waals surface area (Å²) in [4.78, 5) is 14.4. The Hall–Kier alpha value is -3.32. The Balaban J connectivity index is 1.88. The second-order valence-electron chi connectivity index (χ2n) is 6.14. The number of aryl methyl sites for hydroxylation is 1. The summed E-state index contributed by atoms with van der Waals surface area (Å²) < 4.78 is 2.08. The van der Waals surface area contributed by atoms with E-state index in [2.05, 4.69) is 16.7 Å². The fraction of sp³-hybridized carbons (Fsp3) is 0.143. The first-order valence-corrected chi connectivity index (χ1v) is 8.24. The van der Waals surface area contributed by atoms with E-state index in [4.69, 9.17) is 5.26 Å². The minimum atomic E-state index is 0.00931. The summed E-state index contributed by atoms with van der Waals surface area (Å²) in [5, 5.41) is 9.97. The lowest BCUT2D eigenvalue weighted by molar-refractivity contribution is -0.112. The third-order valence-electron chi connectivity index (χ3n) is 4.67. The van der Waals surface area contributed by atoms with E-state index in [-0.39, 0.29) is 5.91 Å². The molecule has 1 amide bonds. The molecule has 25 heavy (non-hydrogen) atoms. The van der Waals surface area contributed by atoms with E-state index in [1.807, 2.05) is 54.7 Å². The normalized spacial score (nSPS) is 15.0. The van der Waals surface area contributed by atoms with Gasteiger partial charge in [-0.15, -0.1) is 0 Å². The third kappa shape index (κ3) is 2.41. The van der Waals surface area contributed by atoms with Crippen molar-refractivity contribution in [2.75, 3.05) is 11.9 Å².